The van der Waals surface area contributed by atoms with Gasteiger partial charge < -0.3 is 20.6 Å². The predicted molar refractivity (Wildman–Crippen MR) is 137 cm³/mol. The van der Waals surface area contributed by atoms with Crippen LogP contribution in [0.2, 0.25) is 5.02 Å². The van der Waals surface area contributed by atoms with E-state index in [1.165, 1.54) is 49.0 Å². The van der Waals surface area contributed by atoms with Crippen LogP contribution in [0.25, 0.3) is 0 Å². The van der Waals surface area contributed by atoms with Gasteiger partial charge >= 0.3 is 12.0 Å². The van der Waals surface area contributed by atoms with E-state index in [1.807, 2.05) is 24.3 Å². The summed E-state index contributed by atoms with van der Waals surface area (Å²) in [5, 5.41) is 16.3. The Hall–Kier alpha value is -2.73. The standard InChI is InChI=1S/C28H32ClN3O3/c29-23-13-20(28-14-17-10-18(15-28)12-19(11-17)16-28)3-8-24(23)30-21-4-6-22(7-5-21)31-27(35)32-9-1-2-25(32)26(33)34/h3-8,13,17-19,25,30H,1-2,9-12,14-16H2,(H,31,35)(H,33,34)/t17?,18?,19?,25-,28?/m1/s1. The fourth-order valence-corrected chi connectivity index (χ4v) is 7.89. The second-order valence-electron chi connectivity index (χ2n) is 11.2. The Morgan fingerprint density at radius 1 is 0.943 bits per heavy atom. The first-order chi connectivity index (χ1) is 16.9. The molecule has 1 atom stereocenters. The predicted octanol–water partition coefficient (Wildman–Crippen LogP) is 6.63. The number of carboxylic acid groups (broad SMARTS) is 1. The fourth-order valence-electron chi connectivity index (χ4n) is 7.66. The molecule has 2 aromatic rings. The number of carbonyl (C=O) groups excluding carboxylic acids is 1. The highest BCUT2D eigenvalue weighted by molar-refractivity contribution is 6.33. The third kappa shape index (κ3) is 4.26. The van der Waals surface area contributed by atoms with Crippen molar-refractivity contribution in [3.63, 3.8) is 0 Å². The SMILES string of the molecule is O=C(O)[C@H]1CCCN1C(=O)Nc1ccc(Nc2ccc(C34CC5CC(CC(C5)C3)C4)cc2Cl)cc1. The highest BCUT2D eigenvalue weighted by Crippen LogP contribution is 2.61. The second kappa shape index (κ2) is 8.74. The largest absolute Gasteiger partial charge is 0.480 e. The van der Waals surface area contributed by atoms with Crippen molar-refractivity contribution in [1.82, 2.24) is 4.90 Å². The first kappa shape index (κ1) is 22.7. The molecule has 5 aliphatic rings. The van der Waals surface area contributed by atoms with E-state index in [9.17, 15) is 14.7 Å². The molecule has 0 aromatic heterocycles. The maximum atomic E-state index is 12.5. The van der Waals surface area contributed by atoms with Crippen molar-refractivity contribution < 1.29 is 14.7 Å². The maximum absolute atomic E-state index is 12.5. The van der Waals surface area contributed by atoms with Crippen molar-refractivity contribution in [3.05, 3.63) is 53.1 Å². The fraction of sp³-hybridized carbons (Fsp3) is 0.500. The van der Waals surface area contributed by atoms with E-state index in [0.717, 1.165) is 34.2 Å². The van der Waals surface area contributed by atoms with Crippen LogP contribution in [-0.4, -0.2) is 34.6 Å². The number of hydrogen-bond donors (Lipinski definition) is 3. The van der Waals surface area contributed by atoms with Crippen molar-refractivity contribution >= 4 is 40.7 Å². The van der Waals surface area contributed by atoms with Gasteiger partial charge in [-0.1, -0.05) is 17.7 Å². The van der Waals surface area contributed by atoms with Crippen molar-refractivity contribution in [3.8, 4) is 0 Å². The van der Waals surface area contributed by atoms with E-state index in [4.69, 9.17) is 11.6 Å². The molecule has 3 N–H and O–H groups in total. The van der Waals surface area contributed by atoms with Gasteiger partial charge in [-0.05, 0) is 116 Å². The lowest BCUT2D eigenvalue weighted by atomic mass is 9.48. The Morgan fingerprint density at radius 2 is 1.57 bits per heavy atom. The van der Waals surface area contributed by atoms with Gasteiger partial charge in [-0.15, -0.1) is 0 Å². The van der Waals surface area contributed by atoms with Gasteiger partial charge in [0.05, 0.1) is 10.7 Å². The van der Waals surface area contributed by atoms with E-state index in [0.29, 0.717) is 30.5 Å². The normalized spacial score (nSPS) is 30.9. The van der Waals surface area contributed by atoms with E-state index in [-0.39, 0.29) is 6.03 Å². The van der Waals surface area contributed by atoms with Crippen molar-refractivity contribution in [2.45, 2.75) is 62.8 Å². The number of amides is 2. The summed E-state index contributed by atoms with van der Waals surface area (Å²) in [5.41, 5.74) is 4.10. The topological polar surface area (TPSA) is 81.7 Å². The number of rotatable bonds is 5. The number of anilines is 3. The molecule has 0 unspecified atom stereocenters. The summed E-state index contributed by atoms with van der Waals surface area (Å²) in [6, 6.07) is 12.8. The minimum Gasteiger partial charge on any atom is -0.480 e. The molecule has 1 heterocycles. The van der Waals surface area contributed by atoms with Crippen LogP contribution < -0.4 is 10.6 Å². The van der Waals surface area contributed by atoms with Gasteiger partial charge in [0, 0.05) is 17.9 Å². The first-order valence-corrected chi connectivity index (χ1v) is 13.2. The quantitative estimate of drug-likeness (QED) is 0.436. The van der Waals surface area contributed by atoms with E-state index in [1.54, 1.807) is 0 Å². The molecule has 35 heavy (non-hydrogen) atoms. The Bertz CT molecular complexity index is 1110. The lowest BCUT2D eigenvalue weighted by molar-refractivity contribution is -0.141. The second-order valence-corrected chi connectivity index (χ2v) is 11.6. The lowest BCUT2D eigenvalue weighted by Crippen LogP contribution is -2.48. The number of carboxylic acids is 1. The van der Waals surface area contributed by atoms with Gasteiger partial charge in [0.1, 0.15) is 6.04 Å². The minimum atomic E-state index is -0.955. The molecule has 0 radical (unpaired) electrons. The third-order valence-electron chi connectivity index (χ3n) is 8.83. The van der Waals surface area contributed by atoms with Gasteiger partial charge in [-0.2, -0.15) is 0 Å². The van der Waals surface area contributed by atoms with Crippen LogP contribution in [-0.2, 0) is 10.2 Å². The number of hydrogen-bond acceptors (Lipinski definition) is 3. The van der Waals surface area contributed by atoms with E-state index < -0.39 is 12.0 Å². The van der Waals surface area contributed by atoms with Crippen molar-refractivity contribution in [1.29, 1.82) is 0 Å². The number of carbonyl (C=O) groups is 2. The molecular weight excluding hydrogens is 462 g/mol. The van der Waals surface area contributed by atoms with E-state index in [2.05, 4.69) is 28.8 Å². The molecule has 1 aliphatic heterocycles. The monoisotopic (exact) mass is 493 g/mol. The molecule has 2 aromatic carbocycles. The minimum absolute atomic E-state index is 0.325. The average Bonchev–Trinajstić information content (AvgIpc) is 3.31. The first-order valence-electron chi connectivity index (χ1n) is 12.9. The maximum Gasteiger partial charge on any atom is 0.326 e. The molecule has 5 fully saturated rings. The number of urea groups is 1. The van der Waals surface area contributed by atoms with Crippen molar-refractivity contribution in [2.24, 2.45) is 17.8 Å². The molecular formula is C28H32ClN3O3. The van der Waals surface area contributed by atoms with Crippen LogP contribution in [0.5, 0.6) is 0 Å². The summed E-state index contributed by atoms with van der Waals surface area (Å²) >= 11 is 6.76. The number of benzene rings is 2. The summed E-state index contributed by atoms with van der Waals surface area (Å²) in [6.07, 6.45) is 9.45. The Kier molecular flexibility index (Phi) is 5.67. The Morgan fingerprint density at radius 3 is 2.17 bits per heavy atom. The van der Waals surface area contributed by atoms with Crippen LogP contribution in [0.4, 0.5) is 21.9 Å². The molecule has 6 nitrogen and oxygen atoms in total. The Balaban J connectivity index is 1.12. The molecule has 2 amide bonds. The number of nitrogens with one attached hydrogen (secondary N) is 2. The molecule has 4 aliphatic carbocycles. The van der Waals surface area contributed by atoms with Crippen molar-refractivity contribution in [2.75, 3.05) is 17.2 Å². The summed E-state index contributed by atoms with van der Waals surface area (Å²) in [4.78, 5) is 25.3. The lowest BCUT2D eigenvalue weighted by Gasteiger charge is -2.57. The zero-order valence-corrected chi connectivity index (χ0v) is 20.6. The van der Waals surface area contributed by atoms with Crippen LogP contribution in [0.1, 0.15) is 56.9 Å². The van der Waals surface area contributed by atoms with Gasteiger partial charge in [-0.3, -0.25) is 0 Å². The average molecular weight is 494 g/mol. The van der Waals surface area contributed by atoms with Gasteiger partial charge in [0.25, 0.3) is 0 Å². The molecule has 4 bridgehead atoms. The number of halogens is 1. The van der Waals surface area contributed by atoms with Gasteiger partial charge in [0.2, 0.25) is 0 Å². The summed E-state index contributed by atoms with van der Waals surface area (Å²) < 4.78 is 0. The molecule has 1 saturated heterocycles. The van der Waals surface area contributed by atoms with E-state index >= 15 is 0 Å². The van der Waals surface area contributed by atoms with Crippen LogP contribution >= 0.6 is 11.6 Å². The van der Waals surface area contributed by atoms with Crippen LogP contribution in [0.3, 0.4) is 0 Å². The molecule has 184 valence electrons. The highest BCUT2D eigenvalue weighted by atomic mass is 35.5. The number of nitrogens with zero attached hydrogens (tertiary/aromatic N) is 1. The Labute approximate surface area is 211 Å². The number of aliphatic carboxylic acids is 1. The highest BCUT2D eigenvalue weighted by Gasteiger charge is 2.51. The molecule has 7 heteroatoms. The molecule has 7 rings (SSSR count). The molecule has 4 saturated carbocycles. The summed E-state index contributed by atoms with van der Waals surface area (Å²) in [6.45, 7) is 0.459. The van der Waals surface area contributed by atoms with Crippen LogP contribution in [0, 0.1) is 17.8 Å². The van der Waals surface area contributed by atoms with Gasteiger partial charge in [-0.25, -0.2) is 9.59 Å². The van der Waals surface area contributed by atoms with Crippen LogP contribution in [0.15, 0.2) is 42.5 Å². The smallest absolute Gasteiger partial charge is 0.326 e. The summed E-state index contributed by atoms with van der Waals surface area (Å²) in [7, 11) is 0. The zero-order chi connectivity index (χ0) is 24.2. The van der Waals surface area contributed by atoms with Gasteiger partial charge in [0.15, 0.2) is 0 Å². The summed E-state index contributed by atoms with van der Waals surface area (Å²) in [5.74, 6) is 1.75. The zero-order valence-electron chi connectivity index (χ0n) is 19.8. The number of likely N-dealkylation sites (tertiary alicyclic amines) is 1. The molecule has 0 spiro atoms. The third-order valence-corrected chi connectivity index (χ3v) is 9.15.